The number of ether oxygens (including phenoxy) is 2. The summed E-state index contributed by atoms with van der Waals surface area (Å²) in [5.41, 5.74) is 2.83. The average molecular weight is 423 g/mol. The second-order valence-corrected chi connectivity index (χ2v) is 8.20. The van der Waals surface area contributed by atoms with Crippen molar-refractivity contribution < 1.29 is 14.3 Å². The lowest BCUT2D eigenvalue weighted by atomic mass is 9.94. The predicted molar refractivity (Wildman–Crippen MR) is 113 cm³/mol. The van der Waals surface area contributed by atoms with Crippen LogP contribution in [0.2, 0.25) is 0 Å². The fourth-order valence-corrected chi connectivity index (χ4v) is 4.08. The number of amides is 1. The highest BCUT2D eigenvalue weighted by Gasteiger charge is 2.24. The smallest absolute Gasteiger partial charge is 0.410 e. The standard InChI is InChI=1S/C22H22N4O3S/c23-12-18-5-4-17-2-1-3-20(21(17)25-18)28-11-8-16-6-9-26(10-7-16)22(27)29-14-19-13-24-15-30-19/h1-5,13,15-16H,6-11,14H2. The lowest BCUT2D eigenvalue weighted by Crippen LogP contribution is -2.39. The van der Waals surface area contributed by atoms with Crippen LogP contribution in [0.5, 0.6) is 5.75 Å². The molecule has 0 spiro atoms. The number of nitriles is 1. The van der Waals surface area contributed by atoms with Crippen LogP contribution >= 0.6 is 11.3 Å². The topological polar surface area (TPSA) is 88.3 Å². The highest BCUT2D eigenvalue weighted by Crippen LogP contribution is 2.26. The van der Waals surface area contributed by atoms with Gasteiger partial charge in [0.05, 0.1) is 17.0 Å². The Hall–Kier alpha value is -3.18. The summed E-state index contributed by atoms with van der Waals surface area (Å²) in [7, 11) is 0. The van der Waals surface area contributed by atoms with Crippen molar-refractivity contribution in [3.63, 3.8) is 0 Å². The zero-order valence-corrected chi connectivity index (χ0v) is 17.3. The van der Waals surface area contributed by atoms with E-state index in [9.17, 15) is 4.79 Å². The van der Waals surface area contributed by atoms with Crippen molar-refractivity contribution in [3.05, 3.63) is 52.6 Å². The molecular weight excluding hydrogens is 400 g/mol. The Morgan fingerprint density at radius 2 is 2.13 bits per heavy atom. The number of piperidine rings is 1. The summed E-state index contributed by atoms with van der Waals surface area (Å²) in [6, 6.07) is 11.4. The molecule has 1 aliphatic rings. The van der Waals surface area contributed by atoms with E-state index in [0.717, 1.165) is 35.0 Å². The first kappa shape index (κ1) is 20.1. The van der Waals surface area contributed by atoms with E-state index in [1.807, 2.05) is 24.3 Å². The molecule has 0 N–H and O–H groups in total. The van der Waals surface area contributed by atoms with Crippen LogP contribution in [-0.2, 0) is 11.3 Å². The van der Waals surface area contributed by atoms with Crippen molar-refractivity contribution in [2.45, 2.75) is 25.9 Å². The number of thiazole rings is 1. The van der Waals surface area contributed by atoms with Crippen LogP contribution in [0.25, 0.3) is 10.9 Å². The molecule has 0 unspecified atom stereocenters. The molecule has 1 aliphatic heterocycles. The summed E-state index contributed by atoms with van der Waals surface area (Å²) in [5.74, 6) is 1.21. The Bertz CT molecular complexity index is 1040. The minimum Gasteiger partial charge on any atom is -0.491 e. The Morgan fingerprint density at radius 3 is 2.90 bits per heavy atom. The van der Waals surface area contributed by atoms with Crippen molar-refractivity contribution in [2.75, 3.05) is 19.7 Å². The number of likely N-dealkylation sites (tertiary alicyclic amines) is 1. The normalized spacial score (nSPS) is 14.4. The van der Waals surface area contributed by atoms with Gasteiger partial charge in [-0.15, -0.1) is 11.3 Å². The monoisotopic (exact) mass is 422 g/mol. The Morgan fingerprint density at radius 1 is 1.27 bits per heavy atom. The van der Waals surface area contributed by atoms with Gasteiger partial charge < -0.3 is 14.4 Å². The number of fused-ring (bicyclic) bond motifs is 1. The molecule has 1 aromatic carbocycles. The predicted octanol–water partition coefficient (Wildman–Crippen LogP) is 4.38. The summed E-state index contributed by atoms with van der Waals surface area (Å²) >= 11 is 1.48. The number of rotatable bonds is 6. The van der Waals surface area contributed by atoms with E-state index in [4.69, 9.17) is 14.7 Å². The number of nitrogens with zero attached hydrogens (tertiary/aromatic N) is 4. The van der Waals surface area contributed by atoms with Crippen LogP contribution < -0.4 is 4.74 Å². The average Bonchev–Trinajstić information content (AvgIpc) is 3.31. The summed E-state index contributed by atoms with van der Waals surface area (Å²) in [5, 5.41) is 10.0. The molecule has 7 nitrogen and oxygen atoms in total. The fraction of sp³-hybridized carbons (Fsp3) is 0.364. The molecule has 1 amide bonds. The Kier molecular flexibility index (Phi) is 6.40. The molecule has 2 aromatic heterocycles. The van der Waals surface area contributed by atoms with Gasteiger partial charge in [-0.2, -0.15) is 5.26 Å². The molecule has 8 heteroatoms. The number of hydrogen-bond acceptors (Lipinski definition) is 7. The number of hydrogen-bond donors (Lipinski definition) is 0. The summed E-state index contributed by atoms with van der Waals surface area (Å²) in [6.07, 6.45) is 4.25. The van der Waals surface area contributed by atoms with Gasteiger partial charge in [0.1, 0.15) is 29.6 Å². The van der Waals surface area contributed by atoms with Crippen molar-refractivity contribution in [3.8, 4) is 11.8 Å². The van der Waals surface area contributed by atoms with Gasteiger partial charge in [-0.1, -0.05) is 12.1 Å². The second kappa shape index (κ2) is 9.55. The van der Waals surface area contributed by atoms with Crippen LogP contribution in [0.15, 0.2) is 42.0 Å². The number of benzene rings is 1. The molecule has 154 valence electrons. The Labute approximate surface area is 178 Å². The lowest BCUT2D eigenvalue weighted by molar-refractivity contribution is 0.0807. The second-order valence-electron chi connectivity index (χ2n) is 7.23. The first-order chi connectivity index (χ1) is 14.7. The highest BCUT2D eigenvalue weighted by atomic mass is 32.1. The van der Waals surface area contributed by atoms with Gasteiger partial charge >= 0.3 is 6.09 Å². The third kappa shape index (κ3) is 4.86. The third-order valence-electron chi connectivity index (χ3n) is 5.28. The Balaban J connectivity index is 1.23. The molecule has 0 aliphatic carbocycles. The zero-order chi connectivity index (χ0) is 20.8. The number of para-hydroxylation sites is 1. The van der Waals surface area contributed by atoms with E-state index in [0.29, 0.717) is 37.1 Å². The van der Waals surface area contributed by atoms with E-state index in [-0.39, 0.29) is 12.7 Å². The minimum absolute atomic E-state index is 0.256. The van der Waals surface area contributed by atoms with Gasteiger partial charge in [0.2, 0.25) is 0 Å². The molecule has 3 aromatic rings. The third-order valence-corrected chi connectivity index (χ3v) is 6.03. The highest BCUT2D eigenvalue weighted by molar-refractivity contribution is 7.09. The largest absolute Gasteiger partial charge is 0.491 e. The van der Waals surface area contributed by atoms with E-state index in [2.05, 4.69) is 16.0 Å². The minimum atomic E-state index is -0.256. The molecule has 0 radical (unpaired) electrons. The zero-order valence-electron chi connectivity index (χ0n) is 16.5. The van der Waals surface area contributed by atoms with Crippen molar-refractivity contribution >= 4 is 28.3 Å². The number of carbonyl (C=O) groups is 1. The van der Waals surface area contributed by atoms with Crippen LogP contribution in [-0.4, -0.2) is 40.7 Å². The maximum Gasteiger partial charge on any atom is 0.410 e. The van der Waals surface area contributed by atoms with E-state index in [1.165, 1.54) is 11.3 Å². The fourth-order valence-electron chi connectivity index (χ4n) is 3.58. The maximum absolute atomic E-state index is 12.2. The molecule has 1 saturated heterocycles. The molecule has 4 rings (SSSR count). The van der Waals surface area contributed by atoms with E-state index < -0.39 is 0 Å². The van der Waals surface area contributed by atoms with Crippen LogP contribution in [0.3, 0.4) is 0 Å². The van der Waals surface area contributed by atoms with Gasteiger partial charge in [0.25, 0.3) is 0 Å². The molecular formula is C22H22N4O3S. The molecule has 0 atom stereocenters. The van der Waals surface area contributed by atoms with Gasteiger partial charge in [0.15, 0.2) is 0 Å². The summed E-state index contributed by atoms with van der Waals surface area (Å²) < 4.78 is 11.4. The maximum atomic E-state index is 12.2. The van der Waals surface area contributed by atoms with E-state index in [1.54, 1.807) is 22.7 Å². The number of carbonyl (C=O) groups excluding carboxylic acids is 1. The van der Waals surface area contributed by atoms with Crippen LogP contribution in [0, 0.1) is 17.2 Å². The van der Waals surface area contributed by atoms with Crippen LogP contribution in [0.1, 0.15) is 29.8 Å². The molecule has 3 heterocycles. The van der Waals surface area contributed by atoms with Gasteiger partial charge in [-0.3, -0.25) is 4.98 Å². The van der Waals surface area contributed by atoms with E-state index >= 15 is 0 Å². The molecule has 30 heavy (non-hydrogen) atoms. The SMILES string of the molecule is N#Cc1ccc2cccc(OCCC3CCN(C(=O)OCc4cncs4)CC3)c2n1. The van der Waals surface area contributed by atoms with Gasteiger partial charge in [0, 0.05) is 24.7 Å². The number of pyridine rings is 1. The van der Waals surface area contributed by atoms with Gasteiger partial charge in [-0.25, -0.2) is 9.78 Å². The van der Waals surface area contributed by atoms with Gasteiger partial charge in [-0.05, 0) is 43.4 Å². The first-order valence-electron chi connectivity index (χ1n) is 9.94. The molecule has 0 bridgehead atoms. The van der Waals surface area contributed by atoms with Crippen molar-refractivity contribution in [1.82, 2.24) is 14.9 Å². The first-order valence-corrected chi connectivity index (χ1v) is 10.8. The molecule has 0 saturated carbocycles. The molecule has 1 fully saturated rings. The summed E-state index contributed by atoms with van der Waals surface area (Å²) in [4.78, 5) is 23.3. The lowest BCUT2D eigenvalue weighted by Gasteiger charge is -2.31. The van der Waals surface area contributed by atoms with Crippen molar-refractivity contribution in [1.29, 1.82) is 5.26 Å². The van der Waals surface area contributed by atoms with Crippen LogP contribution in [0.4, 0.5) is 4.79 Å². The summed E-state index contributed by atoms with van der Waals surface area (Å²) in [6.45, 7) is 2.27. The number of aromatic nitrogens is 2. The van der Waals surface area contributed by atoms with Crippen molar-refractivity contribution in [2.24, 2.45) is 5.92 Å². The quantitative estimate of drug-likeness (QED) is 0.586.